The summed E-state index contributed by atoms with van der Waals surface area (Å²) < 4.78 is 5.63. The van der Waals surface area contributed by atoms with E-state index in [1.165, 1.54) is 12.1 Å². The van der Waals surface area contributed by atoms with E-state index in [4.69, 9.17) is 4.74 Å². The number of H-pyrrole nitrogens is 1. The quantitative estimate of drug-likeness (QED) is 0.574. The van der Waals surface area contributed by atoms with Crippen molar-refractivity contribution in [2.24, 2.45) is 0 Å². The first kappa shape index (κ1) is 19.2. The molecular weight excluding hydrogens is 336 g/mol. The average molecular weight is 358 g/mol. The first-order chi connectivity index (χ1) is 12.6. The second kappa shape index (κ2) is 9.97. The Hall–Kier alpha value is -3.16. The summed E-state index contributed by atoms with van der Waals surface area (Å²) in [6.45, 7) is 3.02. The van der Waals surface area contributed by atoms with Crippen LogP contribution in [-0.4, -0.2) is 41.7 Å². The first-order valence-electron chi connectivity index (χ1n) is 8.35. The number of carbonyl (C=O) groups is 2. The minimum Gasteiger partial charge on any atom is -0.493 e. The van der Waals surface area contributed by atoms with Crippen molar-refractivity contribution >= 4 is 11.8 Å². The van der Waals surface area contributed by atoms with Gasteiger partial charge in [-0.25, -0.2) is 5.10 Å². The number of carbonyl (C=O) groups excluding carboxylic acids is 2. The van der Waals surface area contributed by atoms with Crippen LogP contribution in [0.5, 0.6) is 5.75 Å². The lowest BCUT2D eigenvalue weighted by Crippen LogP contribution is -2.35. The standard InChI is InChI=1S/C18H22N4O4/c1-13-5-2-3-6-15(13)26-12-4-7-16(23)19-10-11-20-18(25)14-8-9-17(24)22-21-14/h2-3,5-6,8-9H,4,7,10-12H2,1H3,(H,19,23)(H,20,25)(H,22,24). The number of benzene rings is 1. The van der Waals surface area contributed by atoms with Gasteiger partial charge >= 0.3 is 0 Å². The normalized spacial score (nSPS) is 10.2. The minimum atomic E-state index is -0.415. The van der Waals surface area contributed by atoms with Crippen molar-refractivity contribution in [1.29, 1.82) is 0 Å². The Balaban J connectivity index is 1.56. The van der Waals surface area contributed by atoms with Crippen LogP contribution in [0.3, 0.4) is 0 Å². The lowest BCUT2D eigenvalue weighted by atomic mass is 10.2. The van der Waals surface area contributed by atoms with Gasteiger partial charge < -0.3 is 15.4 Å². The third kappa shape index (κ3) is 6.39. The molecule has 26 heavy (non-hydrogen) atoms. The molecule has 2 amide bonds. The molecule has 1 aromatic heterocycles. The topological polar surface area (TPSA) is 113 Å². The maximum Gasteiger partial charge on any atom is 0.271 e. The summed E-state index contributed by atoms with van der Waals surface area (Å²) in [6.07, 6.45) is 0.954. The summed E-state index contributed by atoms with van der Waals surface area (Å²) in [6, 6.07) is 10.3. The Morgan fingerprint density at radius 2 is 1.88 bits per heavy atom. The molecule has 8 nitrogen and oxygen atoms in total. The molecule has 0 radical (unpaired) electrons. The molecule has 2 rings (SSSR count). The highest BCUT2D eigenvalue weighted by atomic mass is 16.5. The van der Waals surface area contributed by atoms with Gasteiger partial charge in [0.15, 0.2) is 0 Å². The first-order valence-corrected chi connectivity index (χ1v) is 8.35. The number of nitrogens with zero attached hydrogens (tertiary/aromatic N) is 1. The molecule has 3 N–H and O–H groups in total. The van der Waals surface area contributed by atoms with Crippen LogP contribution in [0.15, 0.2) is 41.2 Å². The van der Waals surface area contributed by atoms with Crippen LogP contribution in [0.1, 0.15) is 28.9 Å². The smallest absolute Gasteiger partial charge is 0.271 e. The number of amides is 2. The van der Waals surface area contributed by atoms with Crippen LogP contribution in [-0.2, 0) is 4.79 Å². The lowest BCUT2D eigenvalue weighted by molar-refractivity contribution is -0.121. The van der Waals surface area contributed by atoms with E-state index in [1.54, 1.807) is 0 Å². The lowest BCUT2D eigenvalue weighted by Gasteiger charge is -2.09. The molecule has 0 unspecified atom stereocenters. The zero-order chi connectivity index (χ0) is 18.8. The van der Waals surface area contributed by atoms with Crippen molar-refractivity contribution in [2.45, 2.75) is 19.8 Å². The van der Waals surface area contributed by atoms with Crippen molar-refractivity contribution in [3.63, 3.8) is 0 Å². The molecule has 0 atom stereocenters. The van der Waals surface area contributed by atoms with Crippen molar-refractivity contribution in [1.82, 2.24) is 20.8 Å². The molecular formula is C18H22N4O4. The highest BCUT2D eigenvalue weighted by Gasteiger charge is 2.07. The average Bonchev–Trinajstić information content (AvgIpc) is 2.64. The Morgan fingerprint density at radius 3 is 2.62 bits per heavy atom. The maximum absolute atomic E-state index is 11.7. The third-order valence-electron chi connectivity index (χ3n) is 3.54. The molecule has 1 aromatic carbocycles. The highest BCUT2D eigenvalue weighted by Crippen LogP contribution is 2.16. The Kier molecular flexibility index (Phi) is 7.35. The summed E-state index contributed by atoms with van der Waals surface area (Å²) in [5, 5.41) is 11.1. The SMILES string of the molecule is Cc1ccccc1OCCCC(=O)NCCNC(=O)c1ccc(=O)[nH]n1. The van der Waals surface area contributed by atoms with Crippen LogP contribution >= 0.6 is 0 Å². The number of nitrogens with one attached hydrogen (secondary N) is 3. The number of hydrogen-bond donors (Lipinski definition) is 3. The number of para-hydroxylation sites is 1. The molecule has 0 aliphatic heterocycles. The molecule has 1 heterocycles. The van der Waals surface area contributed by atoms with Crippen molar-refractivity contribution in [3.05, 3.63) is 58.0 Å². The molecule has 2 aromatic rings. The van der Waals surface area contributed by atoms with E-state index in [-0.39, 0.29) is 23.7 Å². The molecule has 0 fully saturated rings. The Labute approximate surface area is 151 Å². The summed E-state index contributed by atoms with van der Waals surface area (Å²) in [5.74, 6) is 0.309. The summed E-state index contributed by atoms with van der Waals surface area (Å²) in [7, 11) is 0. The second-order valence-electron chi connectivity index (χ2n) is 5.63. The molecule has 0 aliphatic carbocycles. The Bertz CT molecular complexity index is 783. The van der Waals surface area contributed by atoms with E-state index in [2.05, 4.69) is 20.8 Å². The number of aromatic amines is 1. The molecule has 8 heteroatoms. The van der Waals surface area contributed by atoms with Gasteiger partial charge in [-0.1, -0.05) is 18.2 Å². The fourth-order valence-electron chi connectivity index (χ4n) is 2.16. The monoisotopic (exact) mass is 358 g/mol. The maximum atomic E-state index is 11.7. The van der Waals surface area contributed by atoms with E-state index >= 15 is 0 Å². The van der Waals surface area contributed by atoms with Crippen LogP contribution in [0, 0.1) is 6.92 Å². The zero-order valence-corrected chi connectivity index (χ0v) is 14.6. The van der Waals surface area contributed by atoms with Gasteiger partial charge in [-0.2, -0.15) is 5.10 Å². The molecule has 0 bridgehead atoms. The molecule has 0 saturated carbocycles. The van der Waals surface area contributed by atoms with Gasteiger partial charge in [0.25, 0.3) is 11.5 Å². The number of hydrogen-bond acceptors (Lipinski definition) is 5. The van der Waals surface area contributed by atoms with Crippen LogP contribution in [0.4, 0.5) is 0 Å². The number of aromatic nitrogens is 2. The molecule has 138 valence electrons. The van der Waals surface area contributed by atoms with Gasteiger partial charge in [0.2, 0.25) is 5.91 Å². The predicted molar refractivity (Wildman–Crippen MR) is 96.1 cm³/mol. The number of ether oxygens (including phenoxy) is 1. The van der Waals surface area contributed by atoms with Crippen molar-refractivity contribution < 1.29 is 14.3 Å². The third-order valence-corrected chi connectivity index (χ3v) is 3.54. The van der Waals surface area contributed by atoms with Gasteiger partial charge in [-0.15, -0.1) is 0 Å². The zero-order valence-electron chi connectivity index (χ0n) is 14.6. The van der Waals surface area contributed by atoms with Crippen LogP contribution < -0.4 is 20.9 Å². The van der Waals surface area contributed by atoms with Gasteiger partial charge in [0, 0.05) is 25.6 Å². The van der Waals surface area contributed by atoms with Crippen LogP contribution in [0.25, 0.3) is 0 Å². The summed E-state index contributed by atoms with van der Waals surface area (Å²) in [5.41, 5.74) is 0.800. The molecule has 0 saturated heterocycles. The number of rotatable bonds is 9. The van der Waals surface area contributed by atoms with Crippen molar-refractivity contribution in [2.75, 3.05) is 19.7 Å². The fraction of sp³-hybridized carbons (Fsp3) is 0.333. The molecule has 0 aliphatic rings. The minimum absolute atomic E-state index is 0.102. The highest BCUT2D eigenvalue weighted by molar-refractivity contribution is 5.91. The van der Waals surface area contributed by atoms with E-state index in [1.807, 2.05) is 31.2 Å². The van der Waals surface area contributed by atoms with Crippen molar-refractivity contribution in [3.8, 4) is 5.75 Å². The van der Waals surface area contributed by atoms with E-state index < -0.39 is 5.91 Å². The molecule has 0 spiro atoms. The number of aryl methyl sites for hydroxylation is 1. The predicted octanol–water partition coefficient (Wildman–Crippen LogP) is 0.784. The van der Waals surface area contributed by atoms with Crippen LogP contribution in [0.2, 0.25) is 0 Å². The van der Waals surface area contributed by atoms with Gasteiger partial charge in [-0.3, -0.25) is 14.4 Å². The van der Waals surface area contributed by atoms with Gasteiger partial charge in [-0.05, 0) is 31.0 Å². The van der Waals surface area contributed by atoms with E-state index in [0.29, 0.717) is 26.0 Å². The fourth-order valence-corrected chi connectivity index (χ4v) is 2.16. The van der Waals surface area contributed by atoms with E-state index in [9.17, 15) is 14.4 Å². The van der Waals surface area contributed by atoms with E-state index in [0.717, 1.165) is 11.3 Å². The van der Waals surface area contributed by atoms with Gasteiger partial charge in [0.1, 0.15) is 11.4 Å². The Morgan fingerprint density at radius 1 is 1.12 bits per heavy atom. The summed E-state index contributed by atoms with van der Waals surface area (Å²) >= 11 is 0. The largest absolute Gasteiger partial charge is 0.493 e. The second-order valence-corrected chi connectivity index (χ2v) is 5.63. The summed E-state index contributed by atoms with van der Waals surface area (Å²) in [4.78, 5) is 34.4. The van der Waals surface area contributed by atoms with Gasteiger partial charge in [0.05, 0.1) is 6.61 Å².